The summed E-state index contributed by atoms with van der Waals surface area (Å²) >= 11 is 0. The Bertz CT molecular complexity index is 742. The van der Waals surface area contributed by atoms with Gasteiger partial charge in [0.15, 0.2) is 0 Å². The monoisotopic (exact) mass is 333 g/mol. The van der Waals surface area contributed by atoms with Crippen molar-refractivity contribution in [1.29, 1.82) is 0 Å². The molecule has 2 aromatic rings. The number of likely N-dealkylation sites (N-methyl/N-ethyl adjacent to an activating group) is 1. The summed E-state index contributed by atoms with van der Waals surface area (Å²) in [4.78, 5) is 13.3. The van der Waals surface area contributed by atoms with E-state index < -0.39 is 17.8 Å². The van der Waals surface area contributed by atoms with Gasteiger partial charge in [-0.1, -0.05) is 0 Å². The van der Waals surface area contributed by atoms with Gasteiger partial charge in [-0.3, -0.25) is 14.8 Å². The fourth-order valence-electron chi connectivity index (χ4n) is 2.83. The summed E-state index contributed by atoms with van der Waals surface area (Å²) in [6.45, 7) is 0.327. The number of benzene rings is 1. The second-order valence-electron chi connectivity index (χ2n) is 6.14. The van der Waals surface area contributed by atoms with Gasteiger partial charge < -0.3 is 9.84 Å². The highest BCUT2D eigenvalue weighted by atomic mass is 19.1. The van der Waals surface area contributed by atoms with Crippen LogP contribution in [-0.4, -0.2) is 40.3 Å². The van der Waals surface area contributed by atoms with Gasteiger partial charge in [0.1, 0.15) is 17.6 Å². The Morgan fingerprint density at radius 2 is 2.25 bits per heavy atom. The Balaban J connectivity index is 1.82. The summed E-state index contributed by atoms with van der Waals surface area (Å²) in [5.74, 6) is -0.750. The number of hydrogen-bond acceptors (Lipinski definition) is 4. The Kier molecular flexibility index (Phi) is 4.53. The van der Waals surface area contributed by atoms with Crippen LogP contribution in [0, 0.1) is 5.82 Å². The molecule has 6 nitrogen and oxygen atoms in total. The third-order valence-electron chi connectivity index (χ3n) is 4.24. The van der Waals surface area contributed by atoms with Crippen molar-refractivity contribution in [3.05, 3.63) is 47.0 Å². The zero-order valence-corrected chi connectivity index (χ0v) is 13.6. The third-order valence-corrected chi connectivity index (χ3v) is 4.24. The van der Waals surface area contributed by atoms with Gasteiger partial charge in [0.2, 0.25) is 0 Å². The highest BCUT2D eigenvalue weighted by Crippen LogP contribution is 2.39. The average molecular weight is 333 g/mol. The molecule has 1 aliphatic carbocycles. The third kappa shape index (κ3) is 3.41. The van der Waals surface area contributed by atoms with Crippen molar-refractivity contribution in [2.24, 2.45) is 0 Å². The van der Waals surface area contributed by atoms with Crippen molar-refractivity contribution in [3.63, 3.8) is 0 Å². The lowest BCUT2D eigenvalue weighted by atomic mass is 10.0. The molecule has 7 heteroatoms. The molecular formula is C17H20FN3O3. The van der Waals surface area contributed by atoms with Gasteiger partial charge in [0.25, 0.3) is 0 Å². The van der Waals surface area contributed by atoms with E-state index in [1.165, 1.54) is 25.3 Å². The van der Waals surface area contributed by atoms with Crippen LogP contribution in [0.2, 0.25) is 0 Å². The summed E-state index contributed by atoms with van der Waals surface area (Å²) in [5, 5.41) is 16.8. The molecule has 2 N–H and O–H groups in total. The highest BCUT2D eigenvalue weighted by Gasteiger charge is 2.30. The molecule has 1 atom stereocenters. The molecule has 1 heterocycles. The maximum Gasteiger partial charge on any atom is 0.325 e. The van der Waals surface area contributed by atoms with E-state index in [4.69, 9.17) is 4.74 Å². The van der Waals surface area contributed by atoms with E-state index in [9.17, 15) is 14.3 Å². The van der Waals surface area contributed by atoms with Crippen molar-refractivity contribution in [1.82, 2.24) is 15.1 Å². The van der Waals surface area contributed by atoms with Crippen molar-refractivity contribution in [3.8, 4) is 5.75 Å². The van der Waals surface area contributed by atoms with E-state index in [0.29, 0.717) is 18.2 Å². The molecule has 1 aromatic heterocycles. The van der Waals surface area contributed by atoms with E-state index in [1.54, 1.807) is 11.9 Å². The van der Waals surface area contributed by atoms with Gasteiger partial charge in [0, 0.05) is 23.7 Å². The molecule has 24 heavy (non-hydrogen) atoms. The van der Waals surface area contributed by atoms with Gasteiger partial charge in [-0.2, -0.15) is 5.10 Å². The van der Waals surface area contributed by atoms with Crippen LogP contribution >= 0.6 is 0 Å². The number of nitrogens with zero attached hydrogens (tertiary/aromatic N) is 2. The highest BCUT2D eigenvalue weighted by molar-refractivity contribution is 5.75. The summed E-state index contributed by atoms with van der Waals surface area (Å²) < 4.78 is 19.2. The van der Waals surface area contributed by atoms with Crippen LogP contribution in [0.15, 0.2) is 24.3 Å². The van der Waals surface area contributed by atoms with Crippen molar-refractivity contribution >= 4 is 5.97 Å². The molecule has 1 fully saturated rings. The van der Waals surface area contributed by atoms with Gasteiger partial charge in [-0.15, -0.1) is 0 Å². The van der Waals surface area contributed by atoms with Crippen LogP contribution in [0.3, 0.4) is 0 Å². The van der Waals surface area contributed by atoms with Crippen LogP contribution < -0.4 is 4.74 Å². The largest absolute Gasteiger partial charge is 0.497 e. The average Bonchev–Trinajstić information content (AvgIpc) is 3.29. The molecule has 128 valence electrons. The number of nitrogens with one attached hydrogen (secondary N) is 1. The van der Waals surface area contributed by atoms with Crippen molar-refractivity contribution < 1.29 is 19.0 Å². The number of H-pyrrole nitrogens is 1. The minimum Gasteiger partial charge on any atom is -0.497 e. The lowest BCUT2D eigenvalue weighted by molar-refractivity contribution is -0.143. The molecule has 0 radical (unpaired) electrons. The Hall–Kier alpha value is -2.41. The second kappa shape index (κ2) is 6.60. The first-order chi connectivity index (χ1) is 11.5. The SMILES string of the molecule is COc1ccc(F)c([C@@H](C(=O)O)N(C)Cc2cc(C3CC3)n[nH]2)c1. The zero-order valence-electron chi connectivity index (χ0n) is 13.6. The van der Waals surface area contributed by atoms with Crippen LogP contribution in [0.25, 0.3) is 0 Å². The lowest BCUT2D eigenvalue weighted by Crippen LogP contribution is -2.31. The molecule has 1 aliphatic rings. The van der Waals surface area contributed by atoms with Crippen LogP contribution in [0.1, 0.15) is 41.8 Å². The number of hydrogen-bond donors (Lipinski definition) is 2. The predicted octanol–water partition coefficient (Wildman–Crippen LogP) is 2.69. The number of methoxy groups -OCH3 is 1. The summed E-state index contributed by atoms with van der Waals surface area (Å²) in [6, 6.07) is 4.95. The van der Waals surface area contributed by atoms with E-state index in [-0.39, 0.29) is 5.56 Å². The number of aromatic amines is 1. The quantitative estimate of drug-likeness (QED) is 0.814. The molecule has 0 unspecified atom stereocenters. The molecule has 3 rings (SSSR count). The van der Waals surface area contributed by atoms with Crippen LogP contribution in [0.5, 0.6) is 5.75 Å². The normalized spacial score (nSPS) is 15.5. The first-order valence-electron chi connectivity index (χ1n) is 7.80. The number of aliphatic carboxylic acids is 1. The first-order valence-corrected chi connectivity index (χ1v) is 7.80. The first kappa shape index (κ1) is 16.4. The molecular weight excluding hydrogens is 313 g/mol. The lowest BCUT2D eigenvalue weighted by Gasteiger charge is -2.25. The van der Waals surface area contributed by atoms with Crippen molar-refractivity contribution in [2.45, 2.75) is 31.3 Å². The molecule has 0 amide bonds. The summed E-state index contributed by atoms with van der Waals surface area (Å²) in [5.41, 5.74) is 1.90. The number of carbonyl (C=O) groups is 1. The fraction of sp³-hybridized carbons (Fsp3) is 0.412. The smallest absolute Gasteiger partial charge is 0.325 e. The maximum absolute atomic E-state index is 14.2. The molecule has 1 aromatic carbocycles. The van der Waals surface area contributed by atoms with E-state index >= 15 is 0 Å². The molecule has 0 aliphatic heterocycles. The van der Waals surface area contributed by atoms with Gasteiger partial charge in [-0.25, -0.2) is 4.39 Å². The summed E-state index contributed by atoms with van der Waals surface area (Å²) in [6.07, 6.45) is 2.29. The number of halogens is 1. The van der Waals surface area contributed by atoms with Crippen molar-refractivity contribution in [2.75, 3.05) is 14.2 Å². The van der Waals surface area contributed by atoms with E-state index in [2.05, 4.69) is 10.2 Å². The second-order valence-corrected chi connectivity index (χ2v) is 6.14. The zero-order chi connectivity index (χ0) is 17.3. The van der Waals surface area contributed by atoms with Crippen LogP contribution in [-0.2, 0) is 11.3 Å². The van der Waals surface area contributed by atoms with Gasteiger partial charge >= 0.3 is 5.97 Å². The van der Waals surface area contributed by atoms with Crippen LogP contribution in [0.4, 0.5) is 4.39 Å². The number of ether oxygens (including phenoxy) is 1. The maximum atomic E-state index is 14.2. The predicted molar refractivity (Wildman–Crippen MR) is 85.4 cm³/mol. The number of carboxylic acid groups (broad SMARTS) is 1. The summed E-state index contributed by atoms with van der Waals surface area (Å²) in [7, 11) is 3.11. The fourth-order valence-corrected chi connectivity index (χ4v) is 2.83. The van der Waals surface area contributed by atoms with E-state index in [0.717, 1.165) is 24.2 Å². The van der Waals surface area contributed by atoms with Gasteiger partial charge in [0.05, 0.1) is 12.8 Å². The molecule has 0 bridgehead atoms. The Morgan fingerprint density at radius 1 is 1.50 bits per heavy atom. The minimum atomic E-state index is -1.12. The molecule has 0 saturated heterocycles. The minimum absolute atomic E-state index is 0.0753. The Labute approximate surface area is 139 Å². The number of carboxylic acids is 1. The van der Waals surface area contributed by atoms with E-state index in [1.807, 2.05) is 6.07 Å². The number of aromatic nitrogens is 2. The molecule has 1 saturated carbocycles. The standard InChI is InChI=1S/C17H20FN3O3/c1-21(9-11-7-15(20-19-11)10-3-4-10)16(17(22)23)13-8-12(24-2)5-6-14(13)18/h5-8,10,16H,3-4,9H2,1-2H3,(H,19,20)(H,22,23)/t16-/m0/s1. The number of rotatable bonds is 7. The topological polar surface area (TPSA) is 78.5 Å². The molecule has 0 spiro atoms. The van der Waals surface area contributed by atoms with Gasteiger partial charge in [-0.05, 0) is 44.2 Å². The Morgan fingerprint density at radius 3 is 2.88 bits per heavy atom.